The van der Waals surface area contributed by atoms with Crippen LogP contribution in [0, 0.1) is 11.8 Å². The molecule has 1 saturated heterocycles. The minimum atomic E-state index is -0.0875. The molecule has 2 atom stereocenters. The first-order valence-corrected chi connectivity index (χ1v) is 11.3. The molecule has 5 rings (SSSR count). The van der Waals surface area contributed by atoms with Crippen LogP contribution in [0.5, 0.6) is 0 Å². The van der Waals surface area contributed by atoms with Crippen molar-refractivity contribution < 1.29 is 4.79 Å². The number of benzene rings is 1. The first-order valence-electron chi connectivity index (χ1n) is 10.9. The van der Waals surface area contributed by atoms with Gasteiger partial charge in [0, 0.05) is 29.9 Å². The van der Waals surface area contributed by atoms with Gasteiger partial charge in [-0.1, -0.05) is 38.3 Å². The molecule has 0 saturated carbocycles. The first-order chi connectivity index (χ1) is 15.1. The fraction of sp³-hybridized carbons (Fsp3) is 0.375. The van der Waals surface area contributed by atoms with Gasteiger partial charge in [-0.3, -0.25) is 4.79 Å². The third-order valence-corrected chi connectivity index (χ3v) is 6.90. The summed E-state index contributed by atoms with van der Waals surface area (Å²) in [5, 5.41) is 5.19. The molecular weight excluding hydrogens is 410 g/mol. The zero-order valence-electron chi connectivity index (χ0n) is 17.8. The van der Waals surface area contributed by atoms with Crippen molar-refractivity contribution >= 4 is 29.0 Å². The van der Waals surface area contributed by atoms with Crippen molar-refractivity contribution in [2.45, 2.75) is 33.2 Å². The molecular formula is C24H26ClN5O. The van der Waals surface area contributed by atoms with E-state index in [0.717, 1.165) is 47.7 Å². The van der Waals surface area contributed by atoms with E-state index in [1.807, 2.05) is 48.8 Å². The van der Waals surface area contributed by atoms with E-state index in [1.165, 1.54) is 12.8 Å². The van der Waals surface area contributed by atoms with Crippen LogP contribution >= 0.6 is 11.6 Å². The van der Waals surface area contributed by atoms with Crippen molar-refractivity contribution in [3.8, 4) is 5.69 Å². The lowest BCUT2D eigenvalue weighted by atomic mass is 9.92. The Morgan fingerprint density at radius 1 is 1.00 bits per heavy atom. The first kappa shape index (κ1) is 20.1. The summed E-state index contributed by atoms with van der Waals surface area (Å²) in [7, 11) is 0. The fourth-order valence-electron chi connectivity index (χ4n) is 4.79. The molecule has 1 fully saturated rings. The molecule has 0 aliphatic carbocycles. The van der Waals surface area contributed by atoms with Gasteiger partial charge in [-0.25, -0.2) is 9.67 Å². The lowest BCUT2D eigenvalue weighted by Crippen LogP contribution is -2.25. The highest BCUT2D eigenvalue weighted by Gasteiger charge is 2.33. The number of aromatic nitrogens is 3. The standard InChI is InChI=1S/C24H26ClN5O/c1-3-16-12-28(13-17(16)4-2)22-10-9-21(11-26-22)29-14-18-15-30(27-23(18)24(29)31)20-7-5-19(25)6-8-20/h5-11,15-17H,3-4,12-14H2,1-2H3. The maximum atomic E-state index is 13.0. The molecule has 7 heteroatoms. The van der Waals surface area contributed by atoms with Crippen LogP contribution in [-0.2, 0) is 6.54 Å². The van der Waals surface area contributed by atoms with Crippen LogP contribution < -0.4 is 9.80 Å². The number of halogens is 1. The third-order valence-electron chi connectivity index (χ3n) is 6.65. The highest BCUT2D eigenvalue weighted by Crippen LogP contribution is 2.33. The molecule has 2 aliphatic rings. The molecule has 1 amide bonds. The predicted octanol–water partition coefficient (Wildman–Crippen LogP) is 4.95. The Morgan fingerprint density at radius 3 is 2.26 bits per heavy atom. The molecule has 0 radical (unpaired) electrons. The van der Waals surface area contributed by atoms with Gasteiger partial charge < -0.3 is 9.80 Å². The number of hydrogen-bond acceptors (Lipinski definition) is 4. The van der Waals surface area contributed by atoms with E-state index in [4.69, 9.17) is 16.6 Å². The van der Waals surface area contributed by atoms with Crippen molar-refractivity contribution in [1.82, 2.24) is 14.8 Å². The Labute approximate surface area is 187 Å². The van der Waals surface area contributed by atoms with Crippen LogP contribution in [0.3, 0.4) is 0 Å². The molecule has 0 N–H and O–H groups in total. The van der Waals surface area contributed by atoms with Gasteiger partial charge in [-0.2, -0.15) is 5.10 Å². The summed E-state index contributed by atoms with van der Waals surface area (Å²) in [6.45, 7) is 7.17. The van der Waals surface area contributed by atoms with Gasteiger partial charge in [0.2, 0.25) is 0 Å². The van der Waals surface area contributed by atoms with Crippen molar-refractivity contribution in [2.75, 3.05) is 22.9 Å². The number of pyridine rings is 1. The van der Waals surface area contributed by atoms with Gasteiger partial charge >= 0.3 is 0 Å². The number of amides is 1. The molecule has 0 bridgehead atoms. The molecule has 2 aliphatic heterocycles. The summed E-state index contributed by atoms with van der Waals surface area (Å²) >= 11 is 5.97. The average Bonchev–Trinajstić information content (AvgIpc) is 3.48. The monoisotopic (exact) mass is 435 g/mol. The zero-order chi connectivity index (χ0) is 21.5. The molecule has 31 heavy (non-hydrogen) atoms. The minimum absolute atomic E-state index is 0.0875. The number of fused-ring (bicyclic) bond motifs is 1. The fourth-order valence-corrected chi connectivity index (χ4v) is 4.91. The van der Waals surface area contributed by atoms with Gasteiger partial charge in [0.15, 0.2) is 5.69 Å². The van der Waals surface area contributed by atoms with E-state index >= 15 is 0 Å². The summed E-state index contributed by atoms with van der Waals surface area (Å²) in [5.74, 6) is 2.38. The molecule has 160 valence electrons. The second kappa shape index (κ2) is 8.00. The van der Waals surface area contributed by atoms with Crippen molar-refractivity contribution in [3.05, 3.63) is 65.1 Å². The number of carbonyl (C=O) groups is 1. The molecule has 1 aromatic carbocycles. The van der Waals surface area contributed by atoms with Gasteiger partial charge in [-0.15, -0.1) is 0 Å². The second-order valence-corrected chi connectivity index (χ2v) is 8.87. The van der Waals surface area contributed by atoms with Gasteiger partial charge in [0.05, 0.1) is 24.1 Å². The minimum Gasteiger partial charge on any atom is -0.356 e. The lowest BCUT2D eigenvalue weighted by Gasteiger charge is -2.20. The van der Waals surface area contributed by atoms with Crippen LogP contribution in [0.25, 0.3) is 5.69 Å². The van der Waals surface area contributed by atoms with E-state index in [-0.39, 0.29) is 5.91 Å². The van der Waals surface area contributed by atoms with Crippen LogP contribution in [0.1, 0.15) is 42.7 Å². The summed E-state index contributed by atoms with van der Waals surface area (Å²) in [5.41, 5.74) is 3.10. The molecule has 4 heterocycles. The largest absolute Gasteiger partial charge is 0.356 e. The molecule has 2 unspecified atom stereocenters. The summed E-state index contributed by atoms with van der Waals surface area (Å²) in [4.78, 5) is 21.8. The van der Waals surface area contributed by atoms with Gasteiger partial charge in [0.25, 0.3) is 5.91 Å². The van der Waals surface area contributed by atoms with Crippen LogP contribution in [0.4, 0.5) is 11.5 Å². The van der Waals surface area contributed by atoms with E-state index in [0.29, 0.717) is 17.3 Å². The Hall–Kier alpha value is -2.86. The van der Waals surface area contributed by atoms with E-state index in [9.17, 15) is 4.79 Å². The van der Waals surface area contributed by atoms with Gasteiger partial charge in [-0.05, 0) is 48.2 Å². The SMILES string of the molecule is CCC1CN(c2ccc(N3Cc4cn(-c5ccc(Cl)cc5)nc4C3=O)cn2)CC1CC. The van der Waals surface area contributed by atoms with Crippen molar-refractivity contribution in [3.63, 3.8) is 0 Å². The quantitative estimate of drug-likeness (QED) is 0.568. The van der Waals surface area contributed by atoms with Crippen LogP contribution in [0.15, 0.2) is 48.8 Å². The Morgan fingerprint density at radius 2 is 1.68 bits per heavy atom. The van der Waals surface area contributed by atoms with E-state index in [2.05, 4.69) is 23.8 Å². The zero-order valence-corrected chi connectivity index (χ0v) is 18.6. The smallest absolute Gasteiger partial charge is 0.279 e. The van der Waals surface area contributed by atoms with Crippen LogP contribution in [0.2, 0.25) is 5.02 Å². The highest BCUT2D eigenvalue weighted by molar-refractivity contribution is 6.30. The highest BCUT2D eigenvalue weighted by atomic mass is 35.5. The molecule has 6 nitrogen and oxygen atoms in total. The van der Waals surface area contributed by atoms with Gasteiger partial charge in [0.1, 0.15) is 5.82 Å². The second-order valence-electron chi connectivity index (χ2n) is 8.43. The summed E-state index contributed by atoms with van der Waals surface area (Å²) in [6.07, 6.45) is 6.14. The topological polar surface area (TPSA) is 54.3 Å². The number of hydrogen-bond donors (Lipinski definition) is 0. The molecule has 2 aromatic heterocycles. The normalized spacial score (nSPS) is 20.5. The third kappa shape index (κ3) is 3.59. The molecule has 3 aromatic rings. The molecule has 0 spiro atoms. The lowest BCUT2D eigenvalue weighted by molar-refractivity contribution is 0.0991. The number of rotatable bonds is 5. The maximum Gasteiger partial charge on any atom is 0.279 e. The van der Waals surface area contributed by atoms with Crippen LogP contribution in [-0.4, -0.2) is 33.8 Å². The Bertz CT molecular complexity index is 1080. The van der Waals surface area contributed by atoms with E-state index in [1.54, 1.807) is 9.58 Å². The van der Waals surface area contributed by atoms with Crippen molar-refractivity contribution in [1.29, 1.82) is 0 Å². The summed E-state index contributed by atoms with van der Waals surface area (Å²) in [6, 6.07) is 11.4. The average molecular weight is 436 g/mol. The number of carbonyl (C=O) groups excluding carboxylic acids is 1. The predicted molar refractivity (Wildman–Crippen MR) is 123 cm³/mol. The number of anilines is 2. The maximum absolute atomic E-state index is 13.0. The van der Waals surface area contributed by atoms with Crippen molar-refractivity contribution in [2.24, 2.45) is 11.8 Å². The Kier molecular flexibility index (Phi) is 5.18. The Balaban J connectivity index is 1.31. The number of nitrogens with zero attached hydrogens (tertiary/aromatic N) is 5. The van der Waals surface area contributed by atoms with E-state index < -0.39 is 0 Å². The summed E-state index contributed by atoms with van der Waals surface area (Å²) < 4.78 is 1.74.